The van der Waals surface area contributed by atoms with Crippen molar-refractivity contribution in [3.8, 4) is 11.5 Å². The zero-order chi connectivity index (χ0) is 18.4. The Bertz CT molecular complexity index is 716. The van der Waals surface area contributed by atoms with Crippen molar-refractivity contribution < 1.29 is 19.7 Å². The highest BCUT2D eigenvalue weighted by Gasteiger charge is 2.14. The number of aromatic hydroxyl groups is 1. The molecule has 25 heavy (non-hydrogen) atoms. The van der Waals surface area contributed by atoms with E-state index >= 15 is 0 Å². The third-order valence-corrected chi connectivity index (χ3v) is 4.03. The zero-order valence-electron chi connectivity index (χ0n) is 14.4. The molecule has 0 aliphatic rings. The van der Waals surface area contributed by atoms with Gasteiger partial charge in [0.05, 0.1) is 18.8 Å². The molecule has 1 amide bonds. The lowest BCUT2D eigenvalue weighted by Gasteiger charge is -2.18. The molecule has 2 rings (SSSR count). The maximum absolute atomic E-state index is 11.3. The maximum Gasteiger partial charge on any atom is 0.252 e. The van der Waals surface area contributed by atoms with Gasteiger partial charge in [-0.2, -0.15) is 0 Å². The van der Waals surface area contributed by atoms with E-state index in [1.54, 1.807) is 13.2 Å². The van der Waals surface area contributed by atoms with Crippen LogP contribution in [0.1, 0.15) is 34.5 Å². The van der Waals surface area contributed by atoms with Crippen molar-refractivity contribution in [3.63, 3.8) is 0 Å². The van der Waals surface area contributed by atoms with Crippen LogP contribution in [0.4, 0.5) is 0 Å². The number of hydrogen-bond donors (Lipinski definition) is 4. The van der Waals surface area contributed by atoms with E-state index in [9.17, 15) is 15.0 Å². The largest absolute Gasteiger partial charge is 0.507 e. The molecule has 0 fully saturated rings. The number of phenols is 1. The molecule has 0 heterocycles. The van der Waals surface area contributed by atoms with Crippen molar-refractivity contribution in [2.75, 3.05) is 13.7 Å². The molecule has 2 aromatic carbocycles. The number of carbonyl (C=O) groups excluding carboxylic acids is 1. The monoisotopic (exact) mass is 344 g/mol. The van der Waals surface area contributed by atoms with Crippen LogP contribution in [-0.4, -0.2) is 35.8 Å². The average Bonchev–Trinajstić information content (AvgIpc) is 2.60. The lowest BCUT2D eigenvalue weighted by Crippen LogP contribution is -2.32. The Kier molecular flexibility index (Phi) is 6.38. The topological polar surface area (TPSA) is 105 Å². The van der Waals surface area contributed by atoms with E-state index < -0.39 is 12.0 Å². The third kappa shape index (κ3) is 5.20. The van der Waals surface area contributed by atoms with Crippen LogP contribution in [0.25, 0.3) is 0 Å². The number of rotatable bonds is 8. The molecule has 6 heteroatoms. The summed E-state index contributed by atoms with van der Waals surface area (Å²) < 4.78 is 5.14. The van der Waals surface area contributed by atoms with Crippen molar-refractivity contribution >= 4 is 5.91 Å². The molecule has 2 aromatic rings. The van der Waals surface area contributed by atoms with Gasteiger partial charge in [0.2, 0.25) is 0 Å². The van der Waals surface area contributed by atoms with Crippen LogP contribution in [0.15, 0.2) is 42.5 Å². The molecule has 6 nitrogen and oxygen atoms in total. The van der Waals surface area contributed by atoms with Gasteiger partial charge in [-0.15, -0.1) is 0 Å². The van der Waals surface area contributed by atoms with Crippen LogP contribution in [0, 0.1) is 0 Å². The Morgan fingerprint density at radius 1 is 1.24 bits per heavy atom. The van der Waals surface area contributed by atoms with E-state index in [2.05, 4.69) is 5.32 Å². The summed E-state index contributed by atoms with van der Waals surface area (Å²) in [5.74, 6) is -0.103. The van der Waals surface area contributed by atoms with E-state index in [1.807, 2.05) is 31.2 Å². The van der Waals surface area contributed by atoms with Gasteiger partial charge in [-0.1, -0.05) is 18.2 Å². The first-order chi connectivity index (χ1) is 11.9. The third-order valence-electron chi connectivity index (χ3n) is 4.03. The highest BCUT2D eigenvalue weighted by atomic mass is 16.5. The number of amides is 1. The number of benzene rings is 2. The van der Waals surface area contributed by atoms with Crippen LogP contribution in [0.2, 0.25) is 0 Å². The molecule has 0 bridgehead atoms. The van der Waals surface area contributed by atoms with Crippen molar-refractivity contribution in [2.45, 2.75) is 25.5 Å². The first kappa shape index (κ1) is 18.8. The van der Waals surface area contributed by atoms with Crippen molar-refractivity contribution in [1.29, 1.82) is 0 Å². The van der Waals surface area contributed by atoms with E-state index in [-0.39, 0.29) is 17.4 Å². The average molecular weight is 344 g/mol. The normalized spacial score (nSPS) is 13.2. The fourth-order valence-corrected chi connectivity index (χ4v) is 2.58. The van der Waals surface area contributed by atoms with Gasteiger partial charge >= 0.3 is 0 Å². The van der Waals surface area contributed by atoms with Gasteiger partial charge in [-0.3, -0.25) is 4.79 Å². The number of nitrogens with one attached hydrogen (secondary N) is 1. The highest BCUT2D eigenvalue weighted by molar-refractivity contribution is 5.95. The second-order valence-electron chi connectivity index (χ2n) is 6.02. The molecule has 0 saturated heterocycles. The molecular weight excluding hydrogens is 320 g/mol. The zero-order valence-corrected chi connectivity index (χ0v) is 14.4. The molecule has 0 aliphatic heterocycles. The van der Waals surface area contributed by atoms with Crippen LogP contribution in [0.3, 0.4) is 0 Å². The predicted octanol–water partition coefficient (Wildman–Crippen LogP) is 1.75. The van der Waals surface area contributed by atoms with Crippen molar-refractivity contribution in [2.24, 2.45) is 5.73 Å². The van der Waals surface area contributed by atoms with Crippen LogP contribution < -0.4 is 15.8 Å². The molecule has 134 valence electrons. The van der Waals surface area contributed by atoms with E-state index in [1.165, 1.54) is 12.1 Å². The number of aliphatic hydroxyl groups is 1. The van der Waals surface area contributed by atoms with E-state index in [0.717, 1.165) is 17.7 Å². The highest BCUT2D eigenvalue weighted by Crippen LogP contribution is 2.22. The molecular formula is C19H24N2O4. The molecule has 2 unspecified atom stereocenters. The molecule has 0 aromatic heterocycles. The summed E-state index contributed by atoms with van der Waals surface area (Å²) in [6.45, 7) is 2.35. The number of aliphatic hydroxyl groups excluding tert-OH is 1. The molecule has 0 aliphatic carbocycles. The minimum atomic E-state index is -0.808. The summed E-state index contributed by atoms with van der Waals surface area (Å²) in [4.78, 5) is 11.3. The van der Waals surface area contributed by atoms with Gasteiger partial charge in [0, 0.05) is 12.6 Å². The van der Waals surface area contributed by atoms with Crippen LogP contribution in [0.5, 0.6) is 11.5 Å². The smallest absolute Gasteiger partial charge is 0.252 e. The summed E-state index contributed by atoms with van der Waals surface area (Å²) >= 11 is 0. The standard InChI is InChI=1S/C19H24N2O4/c1-12(9-13-3-6-15(25-2)7-4-13)21-11-18(23)14-5-8-17(22)16(10-14)19(20)24/h3-8,10,12,18,21-23H,9,11H2,1-2H3,(H2,20,24). The summed E-state index contributed by atoms with van der Waals surface area (Å²) in [6, 6.07) is 12.3. The Hall–Kier alpha value is -2.57. The van der Waals surface area contributed by atoms with Crippen molar-refractivity contribution in [1.82, 2.24) is 5.32 Å². The Balaban J connectivity index is 1.91. The van der Waals surface area contributed by atoms with Gasteiger partial charge < -0.3 is 26.0 Å². The lowest BCUT2D eigenvalue weighted by molar-refractivity contribution is 0.0997. The summed E-state index contributed by atoms with van der Waals surface area (Å²) in [6.07, 6.45) is -0.00392. The molecule has 0 radical (unpaired) electrons. The van der Waals surface area contributed by atoms with Crippen molar-refractivity contribution in [3.05, 3.63) is 59.2 Å². The second kappa shape index (κ2) is 8.50. The van der Waals surface area contributed by atoms with Crippen LogP contribution in [-0.2, 0) is 6.42 Å². The minimum absolute atomic E-state index is 0.00262. The van der Waals surface area contributed by atoms with Gasteiger partial charge in [0.15, 0.2) is 0 Å². The van der Waals surface area contributed by atoms with Crippen LogP contribution >= 0.6 is 0 Å². The Labute approximate surface area is 147 Å². The first-order valence-electron chi connectivity index (χ1n) is 8.07. The minimum Gasteiger partial charge on any atom is -0.507 e. The SMILES string of the molecule is COc1ccc(CC(C)NCC(O)c2ccc(O)c(C(N)=O)c2)cc1. The van der Waals surface area contributed by atoms with Gasteiger partial charge in [0.25, 0.3) is 5.91 Å². The van der Waals surface area contributed by atoms with Gasteiger partial charge in [-0.25, -0.2) is 0 Å². The maximum atomic E-state index is 11.3. The quantitative estimate of drug-likeness (QED) is 0.584. The predicted molar refractivity (Wildman–Crippen MR) is 95.7 cm³/mol. The van der Waals surface area contributed by atoms with E-state index in [4.69, 9.17) is 10.5 Å². The fourth-order valence-electron chi connectivity index (χ4n) is 2.58. The van der Waals surface area contributed by atoms with Gasteiger partial charge in [-0.05, 0) is 48.7 Å². The van der Waals surface area contributed by atoms with Gasteiger partial charge in [0.1, 0.15) is 11.5 Å². The summed E-state index contributed by atoms with van der Waals surface area (Å²) in [7, 11) is 1.63. The number of methoxy groups -OCH3 is 1. The molecule has 0 saturated carbocycles. The number of ether oxygens (including phenoxy) is 1. The number of primary amides is 1. The second-order valence-corrected chi connectivity index (χ2v) is 6.02. The molecule has 2 atom stereocenters. The molecule has 0 spiro atoms. The molecule has 5 N–H and O–H groups in total. The van der Waals surface area contributed by atoms with E-state index in [0.29, 0.717) is 12.1 Å². The summed E-state index contributed by atoms with van der Waals surface area (Å²) in [5.41, 5.74) is 6.90. The Morgan fingerprint density at radius 3 is 2.52 bits per heavy atom. The fraction of sp³-hybridized carbons (Fsp3) is 0.316. The Morgan fingerprint density at radius 2 is 1.92 bits per heavy atom. The first-order valence-corrected chi connectivity index (χ1v) is 8.07. The number of carbonyl (C=O) groups is 1. The number of hydrogen-bond acceptors (Lipinski definition) is 5. The lowest BCUT2D eigenvalue weighted by atomic mass is 10.0. The summed E-state index contributed by atoms with van der Waals surface area (Å²) in [5, 5.41) is 23.1. The number of nitrogens with two attached hydrogens (primary N) is 1.